The molecule has 0 aliphatic heterocycles. The summed E-state index contributed by atoms with van der Waals surface area (Å²) in [7, 11) is 3.23. The van der Waals surface area contributed by atoms with Gasteiger partial charge in [0.1, 0.15) is 11.5 Å². The fourth-order valence-corrected chi connectivity index (χ4v) is 2.69. The molecule has 1 fully saturated rings. The van der Waals surface area contributed by atoms with Crippen LogP contribution in [0.25, 0.3) is 0 Å². The molecule has 4 nitrogen and oxygen atoms in total. The zero-order valence-electron chi connectivity index (χ0n) is 11.6. The third-order valence-corrected chi connectivity index (χ3v) is 3.73. The average Bonchev–Trinajstić information content (AvgIpc) is 3.19. The Morgan fingerprint density at radius 1 is 1.37 bits per heavy atom. The summed E-state index contributed by atoms with van der Waals surface area (Å²) in [5, 5.41) is 9.11. The second kappa shape index (κ2) is 5.51. The van der Waals surface area contributed by atoms with Crippen LogP contribution in [0.1, 0.15) is 36.3 Å². The average molecular weight is 264 g/mol. The van der Waals surface area contributed by atoms with Crippen LogP contribution in [0.2, 0.25) is 0 Å². The molecule has 104 valence electrons. The van der Waals surface area contributed by atoms with Gasteiger partial charge in [-0.05, 0) is 37.3 Å². The largest absolute Gasteiger partial charge is 0.497 e. The van der Waals surface area contributed by atoms with Gasteiger partial charge in [0, 0.05) is 17.5 Å². The molecule has 1 aromatic carbocycles. The van der Waals surface area contributed by atoms with E-state index in [1.165, 1.54) is 0 Å². The van der Waals surface area contributed by atoms with E-state index in [0.29, 0.717) is 5.92 Å². The van der Waals surface area contributed by atoms with E-state index in [1.807, 2.05) is 19.1 Å². The normalized spacial score (nSPS) is 15.9. The first-order chi connectivity index (χ1) is 9.06. The number of carbonyl (C=O) groups is 1. The molecule has 1 aliphatic carbocycles. The van der Waals surface area contributed by atoms with Crippen molar-refractivity contribution in [1.82, 2.24) is 0 Å². The molecule has 0 bridgehead atoms. The van der Waals surface area contributed by atoms with E-state index in [1.54, 1.807) is 14.2 Å². The van der Waals surface area contributed by atoms with Gasteiger partial charge in [-0.3, -0.25) is 4.79 Å². The Bertz CT molecular complexity index is 477. The molecule has 2 rings (SSSR count). The lowest BCUT2D eigenvalue weighted by atomic mass is 9.87. The molecule has 19 heavy (non-hydrogen) atoms. The van der Waals surface area contributed by atoms with Crippen molar-refractivity contribution < 1.29 is 19.4 Å². The topological polar surface area (TPSA) is 55.8 Å². The Morgan fingerprint density at radius 3 is 2.53 bits per heavy atom. The van der Waals surface area contributed by atoms with E-state index in [0.717, 1.165) is 35.5 Å². The zero-order chi connectivity index (χ0) is 14.0. The molecular formula is C15H20O4. The lowest BCUT2D eigenvalue weighted by molar-refractivity contribution is -0.137. The summed E-state index contributed by atoms with van der Waals surface area (Å²) in [6, 6.07) is 3.77. The van der Waals surface area contributed by atoms with Crippen LogP contribution in [0, 0.1) is 12.8 Å². The van der Waals surface area contributed by atoms with Gasteiger partial charge in [-0.25, -0.2) is 0 Å². The van der Waals surface area contributed by atoms with Crippen molar-refractivity contribution in [1.29, 1.82) is 0 Å². The van der Waals surface area contributed by atoms with Gasteiger partial charge in [0.15, 0.2) is 0 Å². The van der Waals surface area contributed by atoms with E-state index >= 15 is 0 Å². The smallest absolute Gasteiger partial charge is 0.303 e. The molecule has 0 aromatic heterocycles. The quantitative estimate of drug-likeness (QED) is 0.858. The molecule has 1 atom stereocenters. The highest BCUT2D eigenvalue weighted by Gasteiger charge is 2.36. The van der Waals surface area contributed by atoms with Crippen LogP contribution < -0.4 is 9.47 Å². The number of carboxylic acids is 1. The third kappa shape index (κ3) is 3.00. The van der Waals surface area contributed by atoms with Gasteiger partial charge >= 0.3 is 5.97 Å². The second-order valence-corrected chi connectivity index (χ2v) is 5.10. The van der Waals surface area contributed by atoms with Crippen molar-refractivity contribution >= 4 is 5.97 Å². The Kier molecular flexibility index (Phi) is 3.98. The summed E-state index contributed by atoms with van der Waals surface area (Å²) in [6.45, 7) is 1.98. The zero-order valence-corrected chi connectivity index (χ0v) is 11.6. The Balaban J connectivity index is 2.42. The summed E-state index contributed by atoms with van der Waals surface area (Å²) in [5.74, 6) is 1.22. The molecule has 0 amide bonds. The monoisotopic (exact) mass is 264 g/mol. The standard InChI is InChI=1S/C15H20O4/c1-9-6-11(18-2)7-13(19-3)15(9)12(8-14(16)17)10-4-5-10/h6-7,10,12H,4-5,8H2,1-3H3,(H,16,17). The van der Waals surface area contributed by atoms with E-state index in [-0.39, 0.29) is 12.3 Å². The molecule has 1 aliphatic rings. The number of methoxy groups -OCH3 is 2. The lowest BCUT2D eigenvalue weighted by Crippen LogP contribution is -2.11. The molecule has 0 spiro atoms. The number of aryl methyl sites for hydroxylation is 1. The molecular weight excluding hydrogens is 244 g/mol. The maximum atomic E-state index is 11.1. The van der Waals surface area contributed by atoms with Crippen LogP contribution in [0.4, 0.5) is 0 Å². The van der Waals surface area contributed by atoms with Crippen molar-refractivity contribution in [3.05, 3.63) is 23.3 Å². The Hall–Kier alpha value is -1.71. The molecule has 1 saturated carbocycles. The lowest BCUT2D eigenvalue weighted by Gasteiger charge is -2.21. The van der Waals surface area contributed by atoms with Crippen LogP contribution in [-0.4, -0.2) is 25.3 Å². The van der Waals surface area contributed by atoms with Crippen molar-refractivity contribution in [3.63, 3.8) is 0 Å². The predicted octanol–water partition coefficient (Wildman–Crippen LogP) is 2.98. The number of hydrogen-bond donors (Lipinski definition) is 1. The fraction of sp³-hybridized carbons (Fsp3) is 0.533. The number of rotatable bonds is 6. The predicted molar refractivity (Wildman–Crippen MR) is 72.0 cm³/mol. The molecule has 1 aromatic rings. The first-order valence-corrected chi connectivity index (χ1v) is 6.51. The van der Waals surface area contributed by atoms with Gasteiger partial charge in [0.05, 0.1) is 20.6 Å². The Labute approximate surface area is 113 Å². The maximum absolute atomic E-state index is 11.1. The van der Waals surface area contributed by atoms with Gasteiger partial charge in [0.2, 0.25) is 0 Å². The highest BCUT2D eigenvalue weighted by molar-refractivity contribution is 5.69. The SMILES string of the molecule is COc1cc(C)c(C(CC(=O)O)C2CC2)c(OC)c1. The molecule has 4 heteroatoms. The number of benzene rings is 1. The van der Waals surface area contributed by atoms with E-state index in [2.05, 4.69) is 0 Å². The van der Waals surface area contributed by atoms with Crippen molar-refractivity contribution in [3.8, 4) is 11.5 Å². The number of hydrogen-bond acceptors (Lipinski definition) is 3. The Morgan fingerprint density at radius 2 is 2.05 bits per heavy atom. The fourth-order valence-electron chi connectivity index (χ4n) is 2.69. The summed E-state index contributed by atoms with van der Waals surface area (Å²) in [4.78, 5) is 11.1. The van der Waals surface area contributed by atoms with Crippen molar-refractivity contribution in [2.24, 2.45) is 5.92 Å². The summed E-state index contributed by atoms with van der Waals surface area (Å²) >= 11 is 0. The van der Waals surface area contributed by atoms with Gasteiger partial charge in [-0.1, -0.05) is 0 Å². The van der Waals surface area contributed by atoms with Gasteiger partial charge in [0.25, 0.3) is 0 Å². The van der Waals surface area contributed by atoms with Crippen molar-refractivity contribution in [2.75, 3.05) is 14.2 Å². The molecule has 0 heterocycles. The summed E-state index contributed by atoms with van der Waals surface area (Å²) < 4.78 is 10.7. The number of aliphatic carboxylic acids is 1. The van der Waals surface area contributed by atoms with Gasteiger partial charge in [-0.2, -0.15) is 0 Å². The van der Waals surface area contributed by atoms with Gasteiger partial charge in [-0.15, -0.1) is 0 Å². The number of carboxylic acid groups (broad SMARTS) is 1. The van der Waals surface area contributed by atoms with Crippen LogP contribution in [-0.2, 0) is 4.79 Å². The summed E-state index contributed by atoms with van der Waals surface area (Å²) in [5.41, 5.74) is 2.06. The van der Waals surface area contributed by atoms with Crippen LogP contribution in [0.5, 0.6) is 11.5 Å². The van der Waals surface area contributed by atoms with E-state index in [9.17, 15) is 4.79 Å². The highest BCUT2D eigenvalue weighted by atomic mass is 16.5. The van der Waals surface area contributed by atoms with Gasteiger partial charge < -0.3 is 14.6 Å². The molecule has 0 radical (unpaired) electrons. The van der Waals surface area contributed by atoms with Crippen LogP contribution in [0.3, 0.4) is 0 Å². The number of ether oxygens (including phenoxy) is 2. The molecule has 1 N–H and O–H groups in total. The minimum absolute atomic E-state index is 0.0401. The van der Waals surface area contributed by atoms with Crippen molar-refractivity contribution in [2.45, 2.75) is 32.1 Å². The third-order valence-electron chi connectivity index (χ3n) is 3.73. The minimum Gasteiger partial charge on any atom is -0.497 e. The van der Waals surface area contributed by atoms with E-state index in [4.69, 9.17) is 14.6 Å². The molecule has 0 saturated heterocycles. The first-order valence-electron chi connectivity index (χ1n) is 6.51. The molecule has 1 unspecified atom stereocenters. The second-order valence-electron chi connectivity index (χ2n) is 5.10. The summed E-state index contributed by atoms with van der Waals surface area (Å²) in [6.07, 6.45) is 2.37. The maximum Gasteiger partial charge on any atom is 0.303 e. The minimum atomic E-state index is -0.755. The van der Waals surface area contributed by atoms with E-state index < -0.39 is 5.97 Å². The first kappa shape index (κ1) is 13.7. The highest BCUT2D eigenvalue weighted by Crippen LogP contribution is 2.48. The van der Waals surface area contributed by atoms with Crippen LogP contribution in [0.15, 0.2) is 12.1 Å². The van der Waals surface area contributed by atoms with Crippen LogP contribution >= 0.6 is 0 Å².